The Morgan fingerprint density at radius 1 is 0.826 bits per heavy atom. The molecular formula is C49H75BN14O5. The second-order valence-electron chi connectivity index (χ2n) is 17.4. The summed E-state index contributed by atoms with van der Waals surface area (Å²) in [6.45, 7) is 15.8. The van der Waals surface area contributed by atoms with Gasteiger partial charge in [0.15, 0.2) is 11.6 Å². The molecule has 5 heterocycles. The maximum Gasteiger partial charge on any atom is 0.353 e. The van der Waals surface area contributed by atoms with Crippen LogP contribution >= 0.6 is 0 Å². The average molecular weight is 953 g/mol. The van der Waals surface area contributed by atoms with E-state index in [-0.39, 0.29) is 62.1 Å². The number of ether oxygens (including phenoxy) is 1. The number of aromatic nitrogens is 4. The lowest BCUT2D eigenvalue weighted by atomic mass is 10.1. The van der Waals surface area contributed by atoms with E-state index in [1.807, 2.05) is 12.1 Å². The number of hydrogen-bond donors (Lipinski definition) is 5. The smallest absolute Gasteiger partial charge is 0.353 e. The Balaban J connectivity index is 0.000000293. The van der Waals surface area contributed by atoms with Crippen LogP contribution in [0, 0.1) is 10.1 Å². The Kier molecular flexibility index (Phi) is 22.0. The predicted molar refractivity (Wildman–Crippen MR) is 279 cm³/mol. The van der Waals surface area contributed by atoms with Crippen molar-refractivity contribution in [2.24, 2.45) is 0 Å². The molecule has 1 amide bonds. The third kappa shape index (κ3) is 16.7. The molecule has 0 spiro atoms. The molecule has 0 bridgehead atoms. The van der Waals surface area contributed by atoms with Gasteiger partial charge < -0.3 is 42.0 Å². The topological polar surface area (TPSA) is 239 Å². The second kappa shape index (κ2) is 28.3. The molecule has 0 saturated carbocycles. The van der Waals surface area contributed by atoms with Crippen LogP contribution < -0.4 is 37.2 Å². The number of nitrogen functional groups attached to an aromatic ring is 2. The number of benzene rings is 2. The summed E-state index contributed by atoms with van der Waals surface area (Å²) in [7, 11) is 3.75. The molecule has 20 heteroatoms. The maximum absolute atomic E-state index is 12.3. The first-order valence-electron chi connectivity index (χ1n) is 24.6. The molecule has 3 aliphatic rings. The summed E-state index contributed by atoms with van der Waals surface area (Å²) in [5, 5.41) is 21.2. The number of unbranched alkanes of at least 4 members (excludes halogenated alkanes) is 2. The maximum atomic E-state index is 12.3. The number of nitro groups is 1. The van der Waals surface area contributed by atoms with Crippen molar-refractivity contribution in [3.05, 3.63) is 80.9 Å². The Bertz CT molecular complexity index is 2270. The van der Waals surface area contributed by atoms with Crippen molar-refractivity contribution in [1.29, 1.82) is 1.34 Å². The van der Waals surface area contributed by atoms with Crippen molar-refractivity contribution in [3.63, 3.8) is 0 Å². The van der Waals surface area contributed by atoms with E-state index in [0.717, 1.165) is 64.0 Å². The fourth-order valence-corrected chi connectivity index (χ4v) is 8.49. The highest BCUT2D eigenvalue weighted by Gasteiger charge is 2.29. The van der Waals surface area contributed by atoms with Gasteiger partial charge in [0, 0.05) is 67.2 Å². The molecule has 2 radical (unpaired) electrons. The van der Waals surface area contributed by atoms with Crippen molar-refractivity contribution in [2.45, 2.75) is 119 Å². The first-order valence-corrected chi connectivity index (χ1v) is 24.1. The van der Waals surface area contributed by atoms with Crippen molar-refractivity contribution in [3.8, 4) is 0 Å². The van der Waals surface area contributed by atoms with Gasteiger partial charge in [-0.15, -0.1) is 0 Å². The summed E-state index contributed by atoms with van der Waals surface area (Å²) in [5.41, 5.74) is 17.0. The molecule has 7 N–H and O–H groups in total. The quantitative estimate of drug-likeness (QED) is 0.0176. The van der Waals surface area contributed by atoms with Crippen molar-refractivity contribution >= 4 is 66.8 Å². The predicted octanol–water partition coefficient (Wildman–Crippen LogP) is 6.94. The highest BCUT2D eigenvalue weighted by Crippen LogP contribution is 2.35. The molecule has 0 unspecified atom stereocenters. The normalized spacial score (nSPS) is 14.6. The van der Waals surface area contributed by atoms with Crippen LogP contribution in [-0.2, 0) is 40.5 Å². The van der Waals surface area contributed by atoms with Crippen LogP contribution in [-0.4, -0.2) is 115 Å². The van der Waals surface area contributed by atoms with Crippen molar-refractivity contribution in [2.75, 3.05) is 96.2 Å². The van der Waals surface area contributed by atoms with E-state index >= 15 is 0 Å². The lowest BCUT2D eigenvalue weighted by Crippen LogP contribution is -2.29. The monoisotopic (exact) mass is 953 g/mol. The summed E-state index contributed by atoms with van der Waals surface area (Å²) in [5.74, 6) is 1.15. The molecule has 2 saturated heterocycles. The molecule has 0 aliphatic carbocycles. The fraction of sp³-hybridized carbons (Fsp3) is 0.551. The zero-order chi connectivity index (χ0) is 49.5. The van der Waals surface area contributed by atoms with Gasteiger partial charge in [-0.05, 0) is 95.2 Å². The Hall–Kier alpha value is -6.28. The number of nitrogens with zero attached hydrogens (tertiary/aromatic N) is 9. The summed E-state index contributed by atoms with van der Waals surface area (Å²) < 4.78 is 10.3. The molecule has 2 aromatic carbocycles. The van der Waals surface area contributed by atoms with Gasteiger partial charge in [0.2, 0.25) is 29.4 Å². The largest absolute Gasteiger partial charge is 0.466 e. The van der Waals surface area contributed by atoms with E-state index < -0.39 is 4.92 Å². The standard InChI is InChI=1S/C25H37N7O4.C23H33N7O.CH4.BH/c1-3-5-12-27-25-28-23(26)22(32(34)35)24(29-25)31(15-11-21(33)36-4-2)18-20-10-8-9-19(16-20)17-30-13-6-7-14-30;1-2-3-10-25-23-27-21(24)20-22(28-23)30(13-9-19(31)26-20)16-18-8-6-7-17(14-18)15-29-11-4-5-12-29;;/h8-10,16H,3-7,11-15,17-18H2,1-2H3,(H3,26,27,28,29);6-8,14H,2-5,9-13,15-16H2,1H3,(H,26,31)(H3,24,25,27,28);1H4;1H/i;;;1T. The fourth-order valence-electron chi connectivity index (χ4n) is 8.49. The minimum atomic E-state index is -0.568. The third-order valence-corrected chi connectivity index (χ3v) is 11.9. The number of esters is 1. The highest BCUT2D eigenvalue weighted by atomic mass is 16.6. The lowest BCUT2D eigenvalue weighted by molar-refractivity contribution is -0.383. The third-order valence-electron chi connectivity index (χ3n) is 11.9. The van der Waals surface area contributed by atoms with Gasteiger partial charge in [0.1, 0.15) is 5.69 Å². The SMILES string of the molecule is C.CCCCNc1nc(N)c([N+](=O)[O-])c(N(CCC(=O)OCC)Cc2cccc(CN3CCCC3)c2)n1.CCCCNc1nc(N)c2c(n1)N(Cc1cccc(CN3CCCC3)c1)CCC(=O)N2.[3H][B]. The van der Waals surface area contributed by atoms with E-state index in [2.05, 4.69) is 104 Å². The molecule has 7 rings (SSSR count). The van der Waals surface area contributed by atoms with Crippen LogP contribution in [0.25, 0.3) is 0 Å². The van der Waals surface area contributed by atoms with Gasteiger partial charge in [-0.1, -0.05) is 82.6 Å². The number of anilines is 7. The van der Waals surface area contributed by atoms with Crippen LogP contribution in [0.15, 0.2) is 48.5 Å². The number of carbonyl (C=O) groups excluding carboxylic acids is 2. The number of nitrogens with one attached hydrogen (secondary N) is 3. The molecule has 2 fully saturated rings. The first-order chi connectivity index (χ1) is 33.5. The van der Waals surface area contributed by atoms with Crippen LogP contribution in [0.2, 0.25) is 0 Å². The molecule has 0 atom stereocenters. The van der Waals surface area contributed by atoms with E-state index in [4.69, 9.17) is 22.5 Å². The second-order valence-corrected chi connectivity index (χ2v) is 17.4. The van der Waals surface area contributed by atoms with Crippen LogP contribution in [0.3, 0.4) is 0 Å². The zero-order valence-electron chi connectivity index (χ0n) is 41.2. The number of likely N-dealkylation sites (tertiary alicyclic amines) is 2. The first kappa shape index (κ1) is 53.7. The number of fused-ring (bicyclic) bond motifs is 1. The summed E-state index contributed by atoms with van der Waals surface area (Å²) >= 11 is 0. The van der Waals surface area contributed by atoms with Crippen molar-refractivity contribution in [1.82, 2.24) is 29.7 Å². The van der Waals surface area contributed by atoms with E-state index in [1.54, 1.807) is 11.8 Å². The number of carbonyl (C=O) groups is 2. The summed E-state index contributed by atoms with van der Waals surface area (Å²) in [6, 6.07) is 16.9. The van der Waals surface area contributed by atoms with Gasteiger partial charge in [0.05, 0.1) is 18.0 Å². The van der Waals surface area contributed by atoms with Crippen molar-refractivity contribution < 1.29 is 19.2 Å². The van der Waals surface area contributed by atoms with Crippen LogP contribution in [0.4, 0.5) is 46.5 Å². The van der Waals surface area contributed by atoms with Gasteiger partial charge in [-0.3, -0.25) is 29.5 Å². The van der Waals surface area contributed by atoms with Gasteiger partial charge in [0.25, 0.3) is 0 Å². The molecule has 2 aromatic heterocycles. The summed E-state index contributed by atoms with van der Waals surface area (Å²) in [6.07, 6.45) is 9.45. The minimum Gasteiger partial charge on any atom is -0.466 e. The van der Waals surface area contributed by atoms with E-state index in [1.165, 1.54) is 55.5 Å². The minimum absolute atomic E-state index is 0. The Morgan fingerprint density at radius 2 is 1.36 bits per heavy atom. The van der Waals surface area contributed by atoms with Gasteiger partial charge >= 0.3 is 11.7 Å². The Labute approximate surface area is 411 Å². The number of hydrogen-bond acceptors (Lipinski definition) is 17. The number of nitrogens with two attached hydrogens (primary N) is 2. The molecule has 3 aliphatic heterocycles. The number of amides is 1. The van der Waals surface area contributed by atoms with Gasteiger partial charge in [-0.25, -0.2) is 0 Å². The average Bonchev–Trinajstić information content (AvgIpc) is 4.03. The van der Waals surface area contributed by atoms with Crippen LogP contribution in [0.5, 0.6) is 0 Å². The molecule has 374 valence electrons. The number of rotatable bonds is 22. The molecule has 4 aromatic rings. The van der Waals surface area contributed by atoms with Gasteiger partial charge in [-0.2, -0.15) is 19.9 Å². The van der Waals surface area contributed by atoms with Crippen LogP contribution in [0.1, 0.15) is 115 Å². The van der Waals surface area contributed by atoms with E-state index in [0.29, 0.717) is 55.9 Å². The highest BCUT2D eigenvalue weighted by molar-refractivity contribution is 5.98. The molecule has 19 nitrogen and oxygen atoms in total. The zero-order valence-corrected chi connectivity index (χ0v) is 40.2. The lowest BCUT2D eigenvalue weighted by Gasteiger charge is -2.24. The van der Waals surface area contributed by atoms with E-state index in [9.17, 15) is 19.7 Å². The summed E-state index contributed by atoms with van der Waals surface area (Å²) in [4.78, 5) is 62.2. The molecule has 69 heavy (non-hydrogen) atoms. The Morgan fingerprint density at radius 3 is 1.93 bits per heavy atom. The molecular weight excluding hydrogens is 875 g/mol.